The Morgan fingerprint density at radius 3 is 2.47 bits per heavy atom. The Labute approximate surface area is 93.2 Å². The van der Waals surface area contributed by atoms with Gasteiger partial charge in [0.05, 0.1) is 12.7 Å². The Bertz CT molecular complexity index is 169. The third kappa shape index (κ3) is 4.61. The normalized spacial score (nSPS) is 20.6. The van der Waals surface area contributed by atoms with Crippen LogP contribution in [0.15, 0.2) is 0 Å². The van der Waals surface area contributed by atoms with Crippen LogP contribution in [0.4, 0.5) is 0 Å². The van der Waals surface area contributed by atoms with Crippen molar-refractivity contribution >= 4 is 8.80 Å². The molecule has 1 heterocycles. The van der Waals surface area contributed by atoms with Gasteiger partial charge < -0.3 is 18.0 Å². The van der Waals surface area contributed by atoms with Crippen LogP contribution in [-0.4, -0.2) is 42.3 Å². The van der Waals surface area contributed by atoms with Crippen LogP contribution in [0.3, 0.4) is 0 Å². The molecule has 0 aromatic carbocycles. The maximum absolute atomic E-state index is 5.80. The zero-order valence-corrected chi connectivity index (χ0v) is 11.0. The highest BCUT2D eigenvalue weighted by molar-refractivity contribution is 6.60. The number of rotatable bonds is 9. The van der Waals surface area contributed by atoms with E-state index >= 15 is 0 Å². The number of epoxide rings is 1. The number of unbranched alkanes of at least 4 members (excludes halogenated alkanes) is 1. The first-order valence-electron chi connectivity index (χ1n) is 5.62. The van der Waals surface area contributed by atoms with E-state index in [2.05, 4.69) is 6.92 Å². The van der Waals surface area contributed by atoms with E-state index in [4.69, 9.17) is 18.0 Å². The second kappa shape index (κ2) is 6.60. The summed E-state index contributed by atoms with van der Waals surface area (Å²) < 4.78 is 21.8. The van der Waals surface area contributed by atoms with Crippen LogP contribution in [-0.2, 0) is 18.0 Å². The zero-order valence-electron chi connectivity index (χ0n) is 9.95. The van der Waals surface area contributed by atoms with E-state index in [-0.39, 0.29) is 0 Å². The molecule has 0 spiro atoms. The van der Waals surface area contributed by atoms with E-state index in [1.54, 1.807) is 14.2 Å². The fraction of sp³-hybridized carbons (Fsp3) is 1.00. The SMILES string of the molecule is CCCC[Si](OC)(OC)OCCC1CO1. The predicted octanol–water partition coefficient (Wildman–Crippen LogP) is 1.82. The lowest BCUT2D eigenvalue weighted by molar-refractivity contribution is 0.0941. The third-order valence-corrected chi connectivity index (χ3v) is 5.48. The number of ether oxygens (including phenoxy) is 1. The minimum absolute atomic E-state index is 0.414. The summed E-state index contributed by atoms with van der Waals surface area (Å²) in [5.74, 6) is 0. The lowest BCUT2D eigenvalue weighted by atomic mass is 10.4. The topological polar surface area (TPSA) is 40.2 Å². The van der Waals surface area contributed by atoms with Crippen LogP contribution in [0.25, 0.3) is 0 Å². The smallest absolute Gasteiger partial charge is 0.377 e. The summed E-state index contributed by atoms with van der Waals surface area (Å²) in [5, 5.41) is 0. The molecule has 4 nitrogen and oxygen atoms in total. The van der Waals surface area contributed by atoms with Gasteiger partial charge in [0.15, 0.2) is 0 Å². The Balaban J connectivity index is 2.24. The van der Waals surface area contributed by atoms with Crippen molar-refractivity contribution in [3.05, 3.63) is 0 Å². The fourth-order valence-corrected chi connectivity index (χ4v) is 3.62. The number of hydrogen-bond donors (Lipinski definition) is 0. The lowest BCUT2D eigenvalue weighted by Gasteiger charge is -2.26. The predicted molar refractivity (Wildman–Crippen MR) is 59.8 cm³/mol. The number of hydrogen-bond acceptors (Lipinski definition) is 4. The maximum Gasteiger partial charge on any atom is 0.500 e. The summed E-state index contributed by atoms with van der Waals surface area (Å²) in [4.78, 5) is 0. The van der Waals surface area contributed by atoms with Crippen molar-refractivity contribution in [3.63, 3.8) is 0 Å². The molecule has 1 unspecified atom stereocenters. The zero-order chi connectivity index (χ0) is 11.1. The van der Waals surface area contributed by atoms with Crippen LogP contribution >= 0.6 is 0 Å². The molecule has 0 aromatic heterocycles. The van der Waals surface area contributed by atoms with Crippen LogP contribution in [0, 0.1) is 0 Å². The van der Waals surface area contributed by atoms with Crippen molar-refractivity contribution in [3.8, 4) is 0 Å². The van der Waals surface area contributed by atoms with Crippen molar-refractivity contribution in [2.24, 2.45) is 0 Å². The van der Waals surface area contributed by atoms with Gasteiger partial charge >= 0.3 is 8.80 Å². The molecule has 90 valence electrons. The quantitative estimate of drug-likeness (QED) is 0.451. The summed E-state index contributed by atoms with van der Waals surface area (Å²) in [6, 6.07) is 0.905. The molecule has 1 rings (SSSR count). The fourth-order valence-electron chi connectivity index (χ4n) is 1.45. The van der Waals surface area contributed by atoms with Gasteiger partial charge in [-0.3, -0.25) is 0 Å². The molecule has 1 fully saturated rings. The van der Waals surface area contributed by atoms with Crippen molar-refractivity contribution in [2.45, 2.75) is 38.3 Å². The van der Waals surface area contributed by atoms with Gasteiger partial charge in [-0.2, -0.15) is 0 Å². The van der Waals surface area contributed by atoms with Crippen molar-refractivity contribution in [1.29, 1.82) is 0 Å². The second-order valence-corrected chi connectivity index (χ2v) is 6.76. The molecule has 0 aromatic rings. The Kier molecular flexibility index (Phi) is 5.77. The average molecular weight is 234 g/mol. The van der Waals surface area contributed by atoms with E-state index < -0.39 is 8.80 Å². The van der Waals surface area contributed by atoms with Crippen LogP contribution in [0.1, 0.15) is 26.2 Å². The van der Waals surface area contributed by atoms with Gasteiger partial charge in [0, 0.05) is 26.9 Å². The molecule has 1 aliphatic rings. The first-order chi connectivity index (χ1) is 7.26. The Hall–Kier alpha value is 0.0569. The van der Waals surface area contributed by atoms with Crippen LogP contribution in [0.2, 0.25) is 6.04 Å². The highest BCUT2D eigenvalue weighted by Crippen LogP contribution is 2.20. The van der Waals surface area contributed by atoms with Gasteiger partial charge in [-0.25, -0.2) is 0 Å². The van der Waals surface area contributed by atoms with Crippen molar-refractivity contribution < 1.29 is 18.0 Å². The minimum Gasteiger partial charge on any atom is -0.377 e. The van der Waals surface area contributed by atoms with Gasteiger partial charge in [-0.15, -0.1) is 0 Å². The highest BCUT2D eigenvalue weighted by atomic mass is 28.4. The standard InChI is InChI=1S/C10H22O4Si/c1-4-5-8-15(11-2,12-3)14-7-6-10-9-13-10/h10H,4-9H2,1-3H3. The van der Waals surface area contributed by atoms with E-state index in [1.165, 1.54) is 0 Å². The molecule has 0 saturated carbocycles. The molecular weight excluding hydrogens is 212 g/mol. The summed E-state index contributed by atoms with van der Waals surface area (Å²) in [6.45, 7) is 3.72. The first-order valence-corrected chi connectivity index (χ1v) is 7.55. The first kappa shape index (κ1) is 13.1. The second-order valence-electron chi connectivity index (χ2n) is 3.79. The summed E-state index contributed by atoms with van der Waals surface area (Å²) in [5.41, 5.74) is 0. The molecule has 5 heteroatoms. The van der Waals surface area contributed by atoms with Crippen molar-refractivity contribution in [2.75, 3.05) is 27.4 Å². The largest absolute Gasteiger partial charge is 0.500 e. The molecule has 1 aliphatic heterocycles. The monoisotopic (exact) mass is 234 g/mol. The molecule has 15 heavy (non-hydrogen) atoms. The molecule has 0 radical (unpaired) electrons. The minimum atomic E-state index is -2.36. The molecule has 1 saturated heterocycles. The van der Waals surface area contributed by atoms with Crippen molar-refractivity contribution in [1.82, 2.24) is 0 Å². The summed E-state index contributed by atoms with van der Waals surface area (Å²) in [7, 11) is 1.00. The Morgan fingerprint density at radius 2 is 2.00 bits per heavy atom. The molecule has 0 bridgehead atoms. The molecule has 1 atom stereocenters. The van der Waals surface area contributed by atoms with Gasteiger partial charge in [0.2, 0.25) is 0 Å². The van der Waals surface area contributed by atoms with Gasteiger partial charge in [-0.1, -0.05) is 13.3 Å². The summed E-state index contributed by atoms with van der Waals surface area (Å²) in [6.07, 6.45) is 3.59. The molecule has 0 N–H and O–H groups in total. The highest BCUT2D eigenvalue weighted by Gasteiger charge is 2.38. The molecule has 0 amide bonds. The molecular formula is C10H22O4Si. The van der Waals surface area contributed by atoms with Crippen LogP contribution < -0.4 is 0 Å². The lowest BCUT2D eigenvalue weighted by Crippen LogP contribution is -2.44. The third-order valence-electron chi connectivity index (χ3n) is 2.62. The van der Waals surface area contributed by atoms with E-state index in [0.717, 1.165) is 31.9 Å². The Morgan fingerprint density at radius 1 is 1.33 bits per heavy atom. The average Bonchev–Trinajstić information content (AvgIpc) is 3.07. The van der Waals surface area contributed by atoms with Crippen LogP contribution in [0.5, 0.6) is 0 Å². The summed E-state index contributed by atoms with van der Waals surface area (Å²) >= 11 is 0. The maximum atomic E-state index is 5.80. The van der Waals surface area contributed by atoms with E-state index in [1.807, 2.05) is 0 Å². The van der Waals surface area contributed by atoms with Gasteiger partial charge in [0.25, 0.3) is 0 Å². The van der Waals surface area contributed by atoms with Gasteiger partial charge in [0.1, 0.15) is 0 Å². The molecule has 0 aliphatic carbocycles. The van der Waals surface area contributed by atoms with Gasteiger partial charge in [-0.05, 0) is 12.8 Å². The van der Waals surface area contributed by atoms with E-state index in [9.17, 15) is 0 Å². The van der Waals surface area contributed by atoms with E-state index in [0.29, 0.717) is 12.7 Å².